The Morgan fingerprint density at radius 3 is 2.43 bits per heavy atom. The van der Waals surface area contributed by atoms with Gasteiger partial charge in [-0.1, -0.05) is 6.07 Å². The molecule has 0 aliphatic carbocycles. The van der Waals surface area contributed by atoms with Crippen LogP contribution in [0.5, 0.6) is 0 Å². The maximum atomic E-state index is 11.3. The van der Waals surface area contributed by atoms with Crippen LogP contribution in [0.4, 0.5) is 0 Å². The minimum atomic E-state index is -1.54. The van der Waals surface area contributed by atoms with Crippen molar-refractivity contribution in [3.8, 4) is 0 Å². The highest BCUT2D eigenvalue weighted by molar-refractivity contribution is 6.07. The molecule has 1 unspecified atom stereocenters. The van der Waals surface area contributed by atoms with Gasteiger partial charge in [-0.3, -0.25) is 14.6 Å². The Morgan fingerprint density at radius 2 is 2.07 bits per heavy atom. The topological polar surface area (TPSA) is 67.3 Å². The van der Waals surface area contributed by atoms with E-state index < -0.39 is 17.2 Å². The number of carbonyl (C=O) groups excluding carboxylic acids is 1. The minimum absolute atomic E-state index is 0.264. The van der Waals surface area contributed by atoms with Crippen molar-refractivity contribution in [2.45, 2.75) is 19.3 Å². The third-order valence-electron chi connectivity index (χ3n) is 2.31. The number of aliphatic carboxylic acids is 1. The lowest BCUT2D eigenvalue weighted by Gasteiger charge is -2.20. The smallest absolute Gasteiger partial charge is 0.323 e. The fourth-order valence-corrected chi connectivity index (χ4v) is 1.10. The molecule has 0 amide bonds. The number of nitrogens with zero attached hydrogens (tertiary/aromatic N) is 1. The molecule has 4 heteroatoms. The number of hydrogen-bond donors (Lipinski definition) is 1. The van der Waals surface area contributed by atoms with Crippen LogP contribution in [-0.4, -0.2) is 21.8 Å². The fourth-order valence-electron chi connectivity index (χ4n) is 1.10. The molecule has 0 bridgehead atoms. The summed E-state index contributed by atoms with van der Waals surface area (Å²) in [5.74, 6) is -1.60. The van der Waals surface area contributed by atoms with Crippen LogP contribution in [0.25, 0.3) is 0 Å². The Bertz CT molecular complexity index is 345. The van der Waals surface area contributed by atoms with Crippen LogP contribution in [0.2, 0.25) is 0 Å². The quantitative estimate of drug-likeness (QED) is 0.727. The van der Waals surface area contributed by atoms with Gasteiger partial charge in [0.15, 0.2) is 11.2 Å². The second kappa shape index (κ2) is 3.57. The molecular formula is C10H11NO3. The van der Waals surface area contributed by atoms with Crippen molar-refractivity contribution in [2.24, 2.45) is 0 Å². The summed E-state index contributed by atoms with van der Waals surface area (Å²) in [7, 11) is 0. The van der Waals surface area contributed by atoms with Crippen LogP contribution in [0.3, 0.4) is 0 Å². The number of carbonyl (C=O) groups is 2. The van der Waals surface area contributed by atoms with E-state index in [1.807, 2.05) is 0 Å². The molecule has 0 radical (unpaired) electrons. The molecule has 0 fully saturated rings. The number of hydrogen-bond acceptors (Lipinski definition) is 3. The average Bonchev–Trinajstić information content (AvgIpc) is 2.17. The van der Waals surface area contributed by atoms with Gasteiger partial charge in [0, 0.05) is 6.20 Å². The van der Waals surface area contributed by atoms with Crippen molar-refractivity contribution in [1.82, 2.24) is 4.98 Å². The number of rotatable bonds is 3. The summed E-state index contributed by atoms with van der Waals surface area (Å²) in [5, 5.41) is 9.00. The molecule has 1 heterocycles. The van der Waals surface area contributed by atoms with Gasteiger partial charge in [0.2, 0.25) is 0 Å². The Balaban J connectivity index is 3.27. The minimum Gasteiger partial charge on any atom is -0.480 e. The predicted molar refractivity (Wildman–Crippen MR) is 49.9 cm³/mol. The number of carboxylic acid groups (broad SMARTS) is 1. The highest BCUT2D eigenvalue weighted by Crippen LogP contribution is 2.22. The van der Waals surface area contributed by atoms with Gasteiger partial charge in [0.1, 0.15) is 0 Å². The number of Topliss-reactive ketones (excluding diaryl/α,β-unsaturated/α-hetero) is 1. The van der Waals surface area contributed by atoms with E-state index in [0.717, 1.165) is 0 Å². The molecule has 0 spiro atoms. The standard InChI is InChI=1S/C10H11NO3/c1-7(12)10(2,9(13)14)8-5-3-4-6-11-8/h3-6H,1-2H3,(H,13,14). The van der Waals surface area contributed by atoms with Crippen molar-refractivity contribution in [1.29, 1.82) is 0 Å². The fraction of sp³-hybridized carbons (Fsp3) is 0.300. The molecular weight excluding hydrogens is 182 g/mol. The SMILES string of the molecule is CC(=O)C(C)(C(=O)O)c1ccccn1. The molecule has 1 N–H and O–H groups in total. The van der Waals surface area contributed by atoms with Crippen LogP contribution in [0, 0.1) is 0 Å². The van der Waals surface area contributed by atoms with Crippen LogP contribution in [0.15, 0.2) is 24.4 Å². The summed E-state index contributed by atoms with van der Waals surface area (Å²) in [6.45, 7) is 2.61. The van der Waals surface area contributed by atoms with Crippen LogP contribution in [0.1, 0.15) is 19.5 Å². The second-order valence-electron chi connectivity index (χ2n) is 3.20. The van der Waals surface area contributed by atoms with Crippen molar-refractivity contribution < 1.29 is 14.7 Å². The van der Waals surface area contributed by atoms with Gasteiger partial charge in [0.25, 0.3) is 0 Å². The van der Waals surface area contributed by atoms with Crippen molar-refractivity contribution in [3.63, 3.8) is 0 Å². The highest BCUT2D eigenvalue weighted by Gasteiger charge is 2.41. The molecule has 1 atom stereocenters. The normalized spacial score (nSPS) is 14.4. The molecule has 0 saturated heterocycles. The van der Waals surface area contributed by atoms with Gasteiger partial charge in [-0.15, -0.1) is 0 Å². The molecule has 1 aromatic heterocycles. The van der Waals surface area contributed by atoms with Crippen LogP contribution < -0.4 is 0 Å². The average molecular weight is 193 g/mol. The van der Waals surface area contributed by atoms with Gasteiger partial charge < -0.3 is 5.11 Å². The summed E-state index contributed by atoms with van der Waals surface area (Å²) in [4.78, 5) is 26.2. The molecule has 0 aromatic carbocycles. The molecule has 0 saturated carbocycles. The summed E-state index contributed by atoms with van der Waals surface area (Å²) in [5.41, 5.74) is -1.28. The Kier molecular flexibility index (Phi) is 2.65. The lowest BCUT2D eigenvalue weighted by atomic mass is 9.82. The van der Waals surface area contributed by atoms with E-state index in [9.17, 15) is 9.59 Å². The summed E-state index contributed by atoms with van der Waals surface area (Å²) < 4.78 is 0. The van der Waals surface area contributed by atoms with E-state index in [1.54, 1.807) is 12.1 Å². The van der Waals surface area contributed by atoms with Gasteiger partial charge in [-0.2, -0.15) is 0 Å². The lowest BCUT2D eigenvalue weighted by Crippen LogP contribution is -2.40. The number of carboxylic acids is 1. The summed E-state index contributed by atoms with van der Waals surface area (Å²) in [6, 6.07) is 4.87. The first-order chi connectivity index (χ1) is 6.49. The van der Waals surface area contributed by atoms with E-state index in [-0.39, 0.29) is 5.69 Å². The first-order valence-corrected chi connectivity index (χ1v) is 4.15. The highest BCUT2D eigenvalue weighted by atomic mass is 16.4. The summed E-state index contributed by atoms with van der Waals surface area (Å²) in [6.07, 6.45) is 1.47. The maximum Gasteiger partial charge on any atom is 0.323 e. The predicted octanol–water partition coefficient (Wildman–Crippen LogP) is 1.01. The number of ketones is 1. The Hall–Kier alpha value is -1.71. The van der Waals surface area contributed by atoms with E-state index in [4.69, 9.17) is 5.11 Å². The largest absolute Gasteiger partial charge is 0.480 e. The molecule has 74 valence electrons. The van der Waals surface area contributed by atoms with E-state index >= 15 is 0 Å². The van der Waals surface area contributed by atoms with E-state index in [2.05, 4.69) is 4.98 Å². The molecule has 4 nitrogen and oxygen atoms in total. The monoisotopic (exact) mass is 193 g/mol. The van der Waals surface area contributed by atoms with Gasteiger partial charge >= 0.3 is 5.97 Å². The van der Waals surface area contributed by atoms with E-state index in [0.29, 0.717) is 0 Å². The zero-order valence-corrected chi connectivity index (χ0v) is 8.02. The maximum absolute atomic E-state index is 11.3. The third kappa shape index (κ3) is 1.51. The number of aromatic nitrogens is 1. The molecule has 14 heavy (non-hydrogen) atoms. The van der Waals surface area contributed by atoms with Gasteiger partial charge in [0.05, 0.1) is 5.69 Å². The first-order valence-electron chi connectivity index (χ1n) is 4.15. The summed E-state index contributed by atoms with van der Waals surface area (Å²) >= 11 is 0. The van der Waals surface area contributed by atoms with Crippen molar-refractivity contribution >= 4 is 11.8 Å². The van der Waals surface area contributed by atoms with Crippen LogP contribution in [-0.2, 0) is 15.0 Å². The second-order valence-corrected chi connectivity index (χ2v) is 3.20. The van der Waals surface area contributed by atoms with E-state index in [1.165, 1.54) is 26.1 Å². The van der Waals surface area contributed by atoms with Gasteiger partial charge in [-0.25, -0.2) is 0 Å². The van der Waals surface area contributed by atoms with Crippen LogP contribution >= 0.6 is 0 Å². The third-order valence-corrected chi connectivity index (χ3v) is 2.31. The Labute approximate surface area is 81.6 Å². The zero-order chi connectivity index (χ0) is 10.8. The molecule has 1 rings (SSSR count). The first kappa shape index (κ1) is 10.4. The van der Waals surface area contributed by atoms with Gasteiger partial charge in [-0.05, 0) is 26.0 Å². The number of pyridine rings is 1. The van der Waals surface area contributed by atoms with Crippen molar-refractivity contribution in [3.05, 3.63) is 30.1 Å². The molecule has 1 aromatic rings. The molecule has 0 aliphatic heterocycles. The Morgan fingerprint density at radius 1 is 1.43 bits per heavy atom. The zero-order valence-electron chi connectivity index (χ0n) is 8.02. The molecule has 0 aliphatic rings. The van der Waals surface area contributed by atoms with Crippen molar-refractivity contribution in [2.75, 3.05) is 0 Å². The lowest BCUT2D eigenvalue weighted by molar-refractivity contribution is -0.147.